The van der Waals surface area contributed by atoms with Crippen LogP contribution in [0.1, 0.15) is 27.7 Å². The molecule has 5 nitrogen and oxygen atoms in total. The molecular weight excluding hydrogens is 172 g/mol. The van der Waals surface area contributed by atoms with Gasteiger partial charge < -0.3 is 10.1 Å². The van der Waals surface area contributed by atoms with E-state index in [0.717, 1.165) is 0 Å². The minimum absolute atomic E-state index is 0.215. The normalized spacial score (nSPS) is 13.6. The average Bonchev–Trinajstić information content (AvgIpc) is 1.97. The molecule has 0 fully saturated rings. The highest BCUT2D eigenvalue weighted by Crippen LogP contribution is 2.06. The van der Waals surface area contributed by atoms with E-state index >= 15 is 0 Å². The van der Waals surface area contributed by atoms with E-state index in [-0.39, 0.29) is 6.10 Å². The quantitative estimate of drug-likeness (QED) is 0.645. The third-order valence-electron chi connectivity index (χ3n) is 1.17. The summed E-state index contributed by atoms with van der Waals surface area (Å²) in [6.45, 7) is 7.49. The molecule has 0 aliphatic carbocycles. The van der Waals surface area contributed by atoms with Crippen molar-refractivity contribution in [3.63, 3.8) is 0 Å². The molecular formula is C8H18N2O3. The molecule has 0 aliphatic rings. The lowest BCUT2D eigenvalue weighted by atomic mass is 10.2. The van der Waals surface area contributed by atoms with Gasteiger partial charge in [0.1, 0.15) is 5.60 Å². The summed E-state index contributed by atoms with van der Waals surface area (Å²) in [5.74, 6) is 4.89. The predicted octanol–water partition coefficient (Wildman–Crippen LogP) is 0.790. The number of ether oxygens (including phenoxy) is 1. The standard InChI is InChI=1S/C8H18N2O3/c1-6(13-9)5-10-7(11)12-8(2,3)4/h6H,5,9H2,1-4H3,(H,10,11)/t6-/m0/s1. The van der Waals surface area contributed by atoms with Gasteiger partial charge in [-0.3, -0.25) is 4.84 Å². The van der Waals surface area contributed by atoms with Crippen LogP contribution in [0.15, 0.2) is 0 Å². The Morgan fingerprint density at radius 3 is 2.46 bits per heavy atom. The van der Waals surface area contributed by atoms with Gasteiger partial charge in [0.2, 0.25) is 0 Å². The van der Waals surface area contributed by atoms with Crippen LogP contribution >= 0.6 is 0 Å². The van der Waals surface area contributed by atoms with E-state index in [0.29, 0.717) is 6.54 Å². The first kappa shape index (κ1) is 12.2. The third-order valence-corrected chi connectivity index (χ3v) is 1.17. The van der Waals surface area contributed by atoms with Crippen molar-refractivity contribution < 1.29 is 14.4 Å². The van der Waals surface area contributed by atoms with Crippen LogP contribution in [0.4, 0.5) is 4.79 Å². The number of amides is 1. The van der Waals surface area contributed by atoms with Gasteiger partial charge >= 0.3 is 6.09 Å². The van der Waals surface area contributed by atoms with Crippen LogP contribution in [0.25, 0.3) is 0 Å². The first-order chi connectivity index (χ1) is 5.85. The Morgan fingerprint density at radius 1 is 1.54 bits per heavy atom. The SMILES string of the molecule is C[C@@H](CNC(=O)OC(C)(C)C)ON. The van der Waals surface area contributed by atoms with Crippen LogP contribution in [0.3, 0.4) is 0 Å². The maximum Gasteiger partial charge on any atom is 0.407 e. The monoisotopic (exact) mass is 190 g/mol. The minimum Gasteiger partial charge on any atom is -0.444 e. The van der Waals surface area contributed by atoms with Crippen molar-refractivity contribution in [1.82, 2.24) is 5.32 Å². The zero-order valence-electron chi connectivity index (χ0n) is 8.59. The van der Waals surface area contributed by atoms with Crippen LogP contribution in [0.2, 0.25) is 0 Å². The first-order valence-electron chi connectivity index (χ1n) is 4.17. The second kappa shape index (κ2) is 5.04. The fraction of sp³-hybridized carbons (Fsp3) is 0.875. The van der Waals surface area contributed by atoms with Gasteiger partial charge in [-0.2, -0.15) is 0 Å². The highest BCUT2D eigenvalue weighted by atomic mass is 16.6. The number of nitrogens with two attached hydrogens (primary N) is 1. The van der Waals surface area contributed by atoms with Gasteiger partial charge in [0.25, 0.3) is 0 Å². The smallest absolute Gasteiger partial charge is 0.407 e. The van der Waals surface area contributed by atoms with E-state index in [2.05, 4.69) is 10.2 Å². The molecule has 0 heterocycles. The molecule has 3 N–H and O–H groups in total. The Labute approximate surface area is 78.5 Å². The maximum absolute atomic E-state index is 11.0. The van der Waals surface area contributed by atoms with Crippen molar-refractivity contribution in [2.24, 2.45) is 5.90 Å². The Morgan fingerprint density at radius 2 is 2.08 bits per heavy atom. The molecule has 78 valence electrons. The van der Waals surface area contributed by atoms with Gasteiger partial charge in [-0.1, -0.05) is 0 Å². The summed E-state index contributed by atoms with van der Waals surface area (Å²) >= 11 is 0. The van der Waals surface area contributed by atoms with E-state index in [1.165, 1.54) is 0 Å². The average molecular weight is 190 g/mol. The molecule has 0 aromatic carbocycles. The molecule has 1 amide bonds. The lowest BCUT2D eigenvalue weighted by Gasteiger charge is -2.20. The molecule has 0 saturated carbocycles. The van der Waals surface area contributed by atoms with E-state index in [4.69, 9.17) is 10.6 Å². The van der Waals surface area contributed by atoms with Crippen LogP contribution in [0.5, 0.6) is 0 Å². The van der Waals surface area contributed by atoms with Gasteiger partial charge in [0, 0.05) is 6.54 Å². The van der Waals surface area contributed by atoms with Gasteiger partial charge in [0.05, 0.1) is 6.10 Å². The van der Waals surface area contributed by atoms with E-state index in [9.17, 15) is 4.79 Å². The van der Waals surface area contributed by atoms with Gasteiger partial charge in [-0.15, -0.1) is 0 Å². The number of nitrogens with one attached hydrogen (secondary N) is 1. The molecule has 0 aromatic rings. The highest BCUT2D eigenvalue weighted by molar-refractivity contribution is 5.67. The molecule has 0 radical (unpaired) electrons. The van der Waals surface area contributed by atoms with Gasteiger partial charge in [-0.05, 0) is 27.7 Å². The van der Waals surface area contributed by atoms with Gasteiger partial charge in [-0.25, -0.2) is 10.7 Å². The van der Waals surface area contributed by atoms with E-state index in [1.807, 2.05) is 0 Å². The Kier molecular flexibility index (Phi) is 4.72. The van der Waals surface area contributed by atoms with E-state index < -0.39 is 11.7 Å². The van der Waals surface area contributed by atoms with Crippen molar-refractivity contribution in [1.29, 1.82) is 0 Å². The van der Waals surface area contributed by atoms with Crippen LogP contribution in [-0.2, 0) is 9.57 Å². The summed E-state index contributed by atoms with van der Waals surface area (Å²) in [4.78, 5) is 15.5. The van der Waals surface area contributed by atoms with Crippen molar-refractivity contribution in [2.75, 3.05) is 6.54 Å². The van der Waals surface area contributed by atoms with Crippen molar-refractivity contribution in [3.8, 4) is 0 Å². The summed E-state index contributed by atoms with van der Waals surface area (Å²) in [5, 5.41) is 2.52. The number of alkyl carbamates (subject to hydrolysis) is 1. The third kappa shape index (κ3) is 7.55. The summed E-state index contributed by atoms with van der Waals surface area (Å²) in [6, 6.07) is 0. The number of carbonyl (C=O) groups excluding carboxylic acids is 1. The molecule has 1 atom stereocenters. The van der Waals surface area contributed by atoms with Crippen molar-refractivity contribution in [2.45, 2.75) is 39.4 Å². The Hall–Kier alpha value is -0.810. The number of rotatable bonds is 3. The number of hydrogen-bond acceptors (Lipinski definition) is 4. The zero-order valence-corrected chi connectivity index (χ0v) is 8.59. The fourth-order valence-corrected chi connectivity index (χ4v) is 0.589. The summed E-state index contributed by atoms with van der Waals surface area (Å²) in [5.41, 5.74) is -0.475. The largest absolute Gasteiger partial charge is 0.444 e. The summed E-state index contributed by atoms with van der Waals surface area (Å²) < 4.78 is 4.99. The van der Waals surface area contributed by atoms with Gasteiger partial charge in [0.15, 0.2) is 0 Å². The molecule has 0 spiro atoms. The lowest BCUT2D eigenvalue weighted by molar-refractivity contribution is 0.0397. The molecule has 0 bridgehead atoms. The number of hydrogen-bond donors (Lipinski definition) is 2. The second-order valence-corrected chi connectivity index (χ2v) is 3.83. The Bertz CT molecular complexity index is 165. The first-order valence-corrected chi connectivity index (χ1v) is 4.17. The molecule has 0 saturated heterocycles. The van der Waals surface area contributed by atoms with Crippen LogP contribution < -0.4 is 11.2 Å². The molecule has 0 rings (SSSR count). The maximum atomic E-state index is 11.0. The van der Waals surface area contributed by atoms with Crippen LogP contribution in [-0.4, -0.2) is 24.3 Å². The summed E-state index contributed by atoms with van der Waals surface area (Å²) in [6.07, 6.45) is -0.677. The molecule has 0 aliphatic heterocycles. The highest BCUT2D eigenvalue weighted by Gasteiger charge is 2.16. The van der Waals surface area contributed by atoms with Crippen LogP contribution in [0, 0.1) is 0 Å². The molecule has 5 heteroatoms. The molecule has 0 unspecified atom stereocenters. The van der Waals surface area contributed by atoms with Crippen molar-refractivity contribution in [3.05, 3.63) is 0 Å². The van der Waals surface area contributed by atoms with E-state index in [1.54, 1.807) is 27.7 Å². The molecule has 13 heavy (non-hydrogen) atoms. The molecule has 0 aromatic heterocycles. The Balaban J connectivity index is 3.64. The second-order valence-electron chi connectivity index (χ2n) is 3.83. The zero-order chi connectivity index (χ0) is 10.5. The predicted molar refractivity (Wildman–Crippen MR) is 49.0 cm³/mol. The lowest BCUT2D eigenvalue weighted by Crippen LogP contribution is -2.37. The van der Waals surface area contributed by atoms with Crippen molar-refractivity contribution >= 4 is 6.09 Å². The minimum atomic E-state index is -0.475. The number of carbonyl (C=O) groups is 1. The topological polar surface area (TPSA) is 73.6 Å². The summed E-state index contributed by atoms with van der Waals surface area (Å²) in [7, 11) is 0. The fourth-order valence-electron chi connectivity index (χ4n) is 0.589.